The van der Waals surface area contributed by atoms with E-state index in [2.05, 4.69) is 60.2 Å². The van der Waals surface area contributed by atoms with Gasteiger partial charge in [0.05, 0.1) is 10.7 Å². The van der Waals surface area contributed by atoms with E-state index in [1.54, 1.807) is 11.3 Å². The van der Waals surface area contributed by atoms with Gasteiger partial charge in [-0.2, -0.15) is 0 Å². The minimum atomic E-state index is 0.130. The summed E-state index contributed by atoms with van der Waals surface area (Å²) in [6.07, 6.45) is 3.56. The van der Waals surface area contributed by atoms with Crippen molar-refractivity contribution in [3.63, 3.8) is 0 Å². The molecule has 1 aliphatic rings. The van der Waals surface area contributed by atoms with Gasteiger partial charge in [0, 0.05) is 50.4 Å². The van der Waals surface area contributed by atoms with Crippen LogP contribution < -0.4 is 5.32 Å². The number of nitrogens with zero attached hydrogens (tertiary/aromatic N) is 4. The maximum atomic E-state index is 4.77. The van der Waals surface area contributed by atoms with Gasteiger partial charge in [-0.15, -0.1) is 11.3 Å². The van der Waals surface area contributed by atoms with Crippen LogP contribution in [0.1, 0.15) is 51.2 Å². The van der Waals surface area contributed by atoms with Gasteiger partial charge in [-0.1, -0.05) is 27.7 Å². The van der Waals surface area contributed by atoms with Crippen LogP contribution in [0.2, 0.25) is 0 Å². The molecule has 0 aliphatic carbocycles. The lowest BCUT2D eigenvalue weighted by molar-refractivity contribution is 0.233. The Morgan fingerprint density at radius 3 is 2.84 bits per heavy atom. The molecular weight excluding hydrogens is 330 g/mol. The SMILES string of the molecule is CCN1CCCC1CN(C)C(=NC)NCCc1nc(C(C)(C)C)cs1. The van der Waals surface area contributed by atoms with Crippen LogP contribution in [0, 0.1) is 0 Å². The molecule has 1 N–H and O–H groups in total. The third kappa shape index (κ3) is 5.68. The lowest BCUT2D eigenvalue weighted by Gasteiger charge is -2.29. The van der Waals surface area contributed by atoms with E-state index in [9.17, 15) is 0 Å². The third-order valence-electron chi connectivity index (χ3n) is 4.91. The second-order valence-corrected chi connectivity index (χ2v) is 8.85. The molecule has 0 radical (unpaired) electrons. The molecule has 6 heteroatoms. The van der Waals surface area contributed by atoms with Crippen LogP contribution in [-0.4, -0.2) is 67.1 Å². The van der Waals surface area contributed by atoms with E-state index in [1.807, 2.05) is 7.05 Å². The van der Waals surface area contributed by atoms with Crippen LogP contribution in [0.4, 0.5) is 0 Å². The summed E-state index contributed by atoms with van der Waals surface area (Å²) in [5, 5.41) is 6.88. The van der Waals surface area contributed by atoms with Gasteiger partial charge in [-0.05, 0) is 25.9 Å². The molecule has 1 saturated heterocycles. The van der Waals surface area contributed by atoms with Crippen molar-refractivity contribution in [1.29, 1.82) is 0 Å². The molecule has 0 amide bonds. The molecule has 1 aromatic rings. The molecule has 1 atom stereocenters. The first-order valence-electron chi connectivity index (χ1n) is 9.45. The van der Waals surface area contributed by atoms with Gasteiger partial charge < -0.3 is 10.2 Å². The fraction of sp³-hybridized carbons (Fsp3) is 0.789. The number of likely N-dealkylation sites (tertiary alicyclic amines) is 1. The zero-order valence-electron chi connectivity index (χ0n) is 16.8. The number of guanidine groups is 1. The van der Waals surface area contributed by atoms with Crippen LogP contribution in [0.3, 0.4) is 0 Å². The summed E-state index contributed by atoms with van der Waals surface area (Å²) < 4.78 is 0. The normalized spacial score (nSPS) is 19.4. The largest absolute Gasteiger partial charge is 0.356 e. The number of aliphatic imine (C=N–C) groups is 1. The standard InChI is InChI=1S/C19H35N5S/c1-7-24-12-8-9-15(24)13-23(6)18(20-5)21-11-10-17-22-16(14-25-17)19(2,3)4/h14-15H,7-13H2,1-6H3,(H,20,21). The first kappa shape index (κ1) is 20.2. The average Bonchev–Trinajstić information content (AvgIpc) is 3.20. The summed E-state index contributed by atoms with van der Waals surface area (Å²) in [6, 6.07) is 0.654. The van der Waals surface area contributed by atoms with Crippen molar-refractivity contribution in [3.8, 4) is 0 Å². The molecule has 0 saturated carbocycles. The molecule has 1 aromatic heterocycles. The smallest absolute Gasteiger partial charge is 0.193 e. The second kappa shape index (κ2) is 8.99. The Balaban J connectivity index is 1.80. The van der Waals surface area contributed by atoms with E-state index in [4.69, 9.17) is 4.98 Å². The lowest BCUT2D eigenvalue weighted by Crippen LogP contribution is -2.46. The van der Waals surface area contributed by atoms with Gasteiger partial charge in [0.1, 0.15) is 0 Å². The van der Waals surface area contributed by atoms with Gasteiger partial charge in [-0.3, -0.25) is 9.89 Å². The van der Waals surface area contributed by atoms with Crippen LogP contribution in [0.25, 0.3) is 0 Å². The summed E-state index contributed by atoms with van der Waals surface area (Å²) >= 11 is 1.76. The Morgan fingerprint density at radius 2 is 2.24 bits per heavy atom. The zero-order valence-corrected chi connectivity index (χ0v) is 17.6. The first-order chi connectivity index (χ1) is 11.8. The van der Waals surface area contributed by atoms with Crippen LogP contribution in [0.15, 0.2) is 10.4 Å². The molecule has 1 aliphatic heterocycles. The molecule has 5 nitrogen and oxygen atoms in total. The van der Waals surface area contributed by atoms with E-state index in [1.165, 1.54) is 30.1 Å². The molecular formula is C19H35N5S. The van der Waals surface area contributed by atoms with Gasteiger partial charge in [0.25, 0.3) is 0 Å². The highest BCUT2D eigenvalue weighted by Gasteiger charge is 2.25. The average molecular weight is 366 g/mol. The van der Waals surface area contributed by atoms with E-state index in [0.29, 0.717) is 6.04 Å². The van der Waals surface area contributed by atoms with Crippen molar-refractivity contribution in [2.75, 3.05) is 40.3 Å². The van der Waals surface area contributed by atoms with Crippen molar-refractivity contribution in [2.24, 2.45) is 4.99 Å². The summed E-state index contributed by atoms with van der Waals surface area (Å²) in [7, 11) is 4.01. The van der Waals surface area contributed by atoms with Crippen molar-refractivity contribution in [2.45, 2.75) is 58.4 Å². The quantitative estimate of drug-likeness (QED) is 0.622. The summed E-state index contributed by atoms with van der Waals surface area (Å²) in [6.45, 7) is 13.2. The van der Waals surface area contributed by atoms with Crippen molar-refractivity contribution in [3.05, 3.63) is 16.1 Å². The van der Waals surface area contributed by atoms with Gasteiger partial charge >= 0.3 is 0 Å². The molecule has 2 heterocycles. The Bertz CT molecular complexity index is 560. The fourth-order valence-electron chi connectivity index (χ4n) is 3.36. The molecule has 25 heavy (non-hydrogen) atoms. The number of likely N-dealkylation sites (N-methyl/N-ethyl adjacent to an activating group) is 2. The predicted molar refractivity (Wildman–Crippen MR) is 109 cm³/mol. The maximum absolute atomic E-state index is 4.77. The number of rotatable bonds is 6. The predicted octanol–water partition coefficient (Wildman–Crippen LogP) is 2.97. The van der Waals surface area contributed by atoms with E-state index in [-0.39, 0.29) is 5.41 Å². The van der Waals surface area contributed by atoms with E-state index < -0.39 is 0 Å². The fourth-order valence-corrected chi connectivity index (χ4v) is 4.38. The summed E-state index contributed by atoms with van der Waals surface area (Å²) in [5.41, 5.74) is 1.32. The topological polar surface area (TPSA) is 43.8 Å². The Labute approximate surface area is 157 Å². The Kier molecular flexibility index (Phi) is 7.25. The minimum Gasteiger partial charge on any atom is -0.356 e. The molecule has 2 rings (SSSR count). The highest BCUT2D eigenvalue weighted by molar-refractivity contribution is 7.09. The van der Waals surface area contributed by atoms with Crippen LogP contribution in [-0.2, 0) is 11.8 Å². The van der Waals surface area contributed by atoms with Gasteiger partial charge in [0.2, 0.25) is 0 Å². The van der Waals surface area contributed by atoms with E-state index >= 15 is 0 Å². The summed E-state index contributed by atoms with van der Waals surface area (Å²) in [5.74, 6) is 0.982. The minimum absolute atomic E-state index is 0.130. The molecule has 0 spiro atoms. The monoisotopic (exact) mass is 365 g/mol. The highest BCUT2D eigenvalue weighted by atomic mass is 32.1. The number of nitrogens with one attached hydrogen (secondary N) is 1. The molecule has 0 bridgehead atoms. The van der Waals surface area contributed by atoms with Crippen LogP contribution in [0.5, 0.6) is 0 Å². The van der Waals surface area contributed by atoms with Crippen molar-refractivity contribution >= 4 is 17.3 Å². The Morgan fingerprint density at radius 1 is 1.48 bits per heavy atom. The molecule has 142 valence electrons. The van der Waals surface area contributed by atoms with Crippen LogP contribution >= 0.6 is 11.3 Å². The Hall–Kier alpha value is -1.14. The van der Waals surface area contributed by atoms with Gasteiger partial charge in [0.15, 0.2) is 5.96 Å². The number of hydrogen-bond acceptors (Lipinski definition) is 4. The third-order valence-corrected chi connectivity index (χ3v) is 5.81. The number of aromatic nitrogens is 1. The van der Waals surface area contributed by atoms with Gasteiger partial charge in [-0.25, -0.2) is 4.98 Å². The zero-order chi connectivity index (χ0) is 18.4. The second-order valence-electron chi connectivity index (χ2n) is 7.91. The number of thiazole rings is 1. The highest BCUT2D eigenvalue weighted by Crippen LogP contribution is 2.24. The first-order valence-corrected chi connectivity index (χ1v) is 10.3. The maximum Gasteiger partial charge on any atom is 0.193 e. The summed E-state index contributed by atoms with van der Waals surface area (Å²) in [4.78, 5) is 14.1. The van der Waals surface area contributed by atoms with E-state index in [0.717, 1.165) is 32.0 Å². The molecule has 1 unspecified atom stereocenters. The molecule has 1 fully saturated rings. The number of hydrogen-bond donors (Lipinski definition) is 1. The molecule has 0 aromatic carbocycles. The lowest BCUT2D eigenvalue weighted by atomic mass is 9.93. The van der Waals surface area contributed by atoms with Crippen molar-refractivity contribution < 1.29 is 0 Å². The van der Waals surface area contributed by atoms with Crippen molar-refractivity contribution in [1.82, 2.24) is 20.1 Å².